The van der Waals surface area contributed by atoms with E-state index in [2.05, 4.69) is 5.92 Å². The van der Waals surface area contributed by atoms with Crippen LogP contribution in [0, 0.1) is 12.3 Å². The number of carbonyl (C=O) groups is 3. The molecule has 1 saturated heterocycles. The summed E-state index contributed by atoms with van der Waals surface area (Å²) in [6.45, 7) is -0.0942. The SMILES string of the molecule is C#CCN1C(=O)SC(=Cc2ccc(-c3cc(C(=O)O)ccc3Cl)o2)C1=O. The number of carboxylic acid groups (broad SMARTS) is 1. The Hall–Kier alpha value is -2.95. The molecule has 0 unspecified atom stereocenters. The van der Waals surface area contributed by atoms with E-state index in [0.717, 1.165) is 16.7 Å². The van der Waals surface area contributed by atoms with E-state index in [4.69, 9.17) is 27.5 Å². The van der Waals surface area contributed by atoms with Gasteiger partial charge >= 0.3 is 5.97 Å². The minimum atomic E-state index is -1.09. The third-order valence-corrected chi connectivity index (χ3v) is 4.74. The van der Waals surface area contributed by atoms with E-state index in [-0.39, 0.29) is 17.0 Å². The normalized spacial score (nSPS) is 15.5. The van der Waals surface area contributed by atoms with Crippen LogP contribution in [0.1, 0.15) is 16.1 Å². The molecule has 0 aliphatic carbocycles. The van der Waals surface area contributed by atoms with Crippen LogP contribution >= 0.6 is 23.4 Å². The lowest BCUT2D eigenvalue weighted by Gasteiger charge is -2.06. The van der Waals surface area contributed by atoms with Gasteiger partial charge in [0.2, 0.25) is 0 Å². The van der Waals surface area contributed by atoms with Crippen molar-refractivity contribution in [3.8, 4) is 23.7 Å². The first kappa shape index (κ1) is 17.9. The van der Waals surface area contributed by atoms with Crippen LogP contribution in [0.25, 0.3) is 17.4 Å². The average molecular weight is 388 g/mol. The van der Waals surface area contributed by atoms with Crippen LogP contribution in [0.5, 0.6) is 0 Å². The monoisotopic (exact) mass is 387 g/mol. The number of hydrogen-bond acceptors (Lipinski definition) is 5. The Balaban J connectivity index is 1.91. The van der Waals surface area contributed by atoms with Crippen molar-refractivity contribution in [3.05, 3.63) is 51.6 Å². The number of rotatable bonds is 4. The maximum absolute atomic E-state index is 12.2. The molecule has 1 aromatic heterocycles. The van der Waals surface area contributed by atoms with E-state index >= 15 is 0 Å². The van der Waals surface area contributed by atoms with Gasteiger partial charge in [0.25, 0.3) is 11.1 Å². The van der Waals surface area contributed by atoms with E-state index in [1.54, 1.807) is 12.1 Å². The molecule has 1 N–H and O–H groups in total. The van der Waals surface area contributed by atoms with Crippen molar-refractivity contribution in [2.24, 2.45) is 0 Å². The quantitative estimate of drug-likeness (QED) is 0.631. The molecule has 6 nitrogen and oxygen atoms in total. The first-order valence-corrected chi connectivity index (χ1v) is 8.42. The maximum Gasteiger partial charge on any atom is 0.335 e. The van der Waals surface area contributed by atoms with Gasteiger partial charge in [-0.3, -0.25) is 14.5 Å². The Morgan fingerprint density at radius 1 is 1.35 bits per heavy atom. The number of aromatic carboxylic acids is 1. The molecular weight excluding hydrogens is 378 g/mol. The Morgan fingerprint density at radius 3 is 2.81 bits per heavy atom. The zero-order valence-corrected chi connectivity index (χ0v) is 14.6. The summed E-state index contributed by atoms with van der Waals surface area (Å²) in [6.07, 6.45) is 6.58. The summed E-state index contributed by atoms with van der Waals surface area (Å²) in [5, 5.41) is 8.97. The highest BCUT2D eigenvalue weighted by atomic mass is 35.5. The Bertz CT molecular complexity index is 1000. The van der Waals surface area contributed by atoms with Crippen LogP contribution in [0.3, 0.4) is 0 Å². The number of imide groups is 1. The third-order valence-electron chi connectivity index (χ3n) is 3.50. The molecule has 8 heteroatoms. The summed E-state index contributed by atoms with van der Waals surface area (Å²) in [5.41, 5.74) is 0.476. The molecule has 1 aliphatic rings. The Kier molecular flexibility index (Phi) is 4.89. The lowest BCUT2D eigenvalue weighted by Crippen LogP contribution is -2.28. The topological polar surface area (TPSA) is 87.8 Å². The summed E-state index contributed by atoms with van der Waals surface area (Å²) < 4.78 is 5.64. The van der Waals surface area contributed by atoms with Gasteiger partial charge in [0.05, 0.1) is 22.0 Å². The fourth-order valence-electron chi connectivity index (χ4n) is 2.28. The molecule has 0 atom stereocenters. The molecule has 26 heavy (non-hydrogen) atoms. The highest BCUT2D eigenvalue weighted by Crippen LogP contribution is 2.34. The number of halogens is 1. The first-order valence-electron chi connectivity index (χ1n) is 7.22. The van der Waals surface area contributed by atoms with E-state index in [0.29, 0.717) is 22.1 Å². The second kappa shape index (κ2) is 7.12. The van der Waals surface area contributed by atoms with Crippen molar-refractivity contribution >= 4 is 46.6 Å². The second-order valence-electron chi connectivity index (χ2n) is 5.17. The number of carboxylic acids is 1. The lowest BCUT2D eigenvalue weighted by molar-refractivity contribution is -0.122. The van der Waals surface area contributed by atoms with Crippen LogP contribution < -0.4 is 0 Å². The number of terminal acetylenes is 1. The van der Waals surface area contributed by atoms with Gasteiger partial charge in [-0.1, -0.05) is 17.5 Å². The minimum Gasteiger partial charge on any atom is -0.478 e. The summed E-state index contributed by atoms with van der Waals surface area (Å²) in [5.74, 6) is 1.35. The summed E-state index contributed by atoms with van der Waals surface area (Å²) in [6, 6.07) is 7.44. The third kappa shape index (κ3) is 3.38. The molecule has 1 aliphatic heterocycles. The Morgan fingerprint density at radius 2 is 2.12 bits per heavy atom. The summed E-state index contributed by atoms with van der Waals surface area (Å²) in [7, 11) is 0. The molecule has 0 radical (unpaired) electrons. The van der Waals surface area contributed by atoms with Crippen molar-refractivity contribution in [2.75, 3.05) is 6.54 Å². The standard InChI is InChI=1S/C18H10ClNO5S/c1-2-7-20-16(21)15(26-18(20)24)9-11-4-6-14(25-11)12-8-10(17(22)23)3-5-13(12)19/h1,3-6,8-9H,7H2,(H,22,23). The number of nitrogens with zero attached hydrogens (tertiary/aromatic N) is 1. The number of amides is 2. The summed E-state index contributed by atoms with van der Waals surface area (Å²) in [4.78, 5) is 36.2. The molecule has 1 aromatic carbocycles. The van der Waals surface area contributed by atoms with E-state index < -0.39 is 17.1 Å². The first-order chi connectivity index (χ1) is 12.4. The van der Waals surface area contributed by atoms with Crippen molar-refractivity contribution in [3.63, 3.8) is 0 Å². The van der Waals surface area contributed by atoms with E-state index in [1.165, 1.54) is 24.3 Å². The number of carbonyl (C=O) groups excluding carboxylic acids is 2. The van der Waals surface area contributed by atoms with Gasteiger partial charge in [0, 0.05) is 11.6 Å². The van der Waals surface area contributed by atoms with Crippen LogP contribution in [0.2, 0.25) is 5.02 Å². The largest absolute Gasteiger partial charge is 0.478 e. The molecule has 2 heterocycles. The van der Waals surface area contributed by atoms with Crippen LogP contribution in [0.15, 0.2) is 39.7 Å². The van der Waals surface area contributed by atoms with Crippen LogP contribution in [-0.2, 0) is 4.79 Å². The fraction of sp³-hybridized carbons (Fsp3) is 0.0556. The molecule has 130 valence electrons. The highest BCUT2D eigenvalue weighted by molar-refractivity contribution is 8.18. The van der Waals surface area contributed by atoms with Crippen molar-refractivity contribution < 1.29 is 23.9 Å². The van der Waals surface area contributed by atoms with Gasteiger partial charge in [-0.25, -0.2) is 4.79 Å². The molecule has 0 spiro atoms. The lowest BCUT2D eigenvalue weighted by atomic mass is 10.1. The van der Waals surface area contributed by atoms with Gasteiger partial charge in [0.1, 0.15) is 11.5 Å². The van der Waals surface area contributed by atoms with Gasteiger partial charge in [0.15, 0.2) is 0 Å². The predicted octanol–water partition coefficient (Wildman–Crippen LogP) is 3.97. The number of benzene rings is 1. The van der Waals surface area contributed by atoms with Gasteiger partial charge in [-0.2, -0.15) is 0 Å². The smallest absolute Gasteiger partial charge is 0.335 e. The molecule has 0 bridgehead atoms. The minimum absolute atomic E-state index is 0.0674. The zero-order chi connectivity index (χ0) is 18.8. The number of furan rings is 1. The zero-order valence-electron chi connectivity index (χ0n) is 13.1. The second-order valence-corrected chi connectivity index (χ2v) is 6.57. The number of hydrogen-bond donors (Lipinski definition) is 1. The van der Waals surface area contributed by atoms with Crippen LogP contribution in [0.4, 0.5) is 4.79 Å². The molecule has 3 rings (SSSR count). The highest BCUT2D eigenvalue weighted by Gasteiger charge is 2.34. The molecule has 1 fully saturated rings. The van der Waals surface area contributed by atoms with Gasteiger partial charge in [-0.15, -0.1) is 6.42 Å². The molecule has 2 aromatic rings. The fourth-order valence-corrected chi connectivity index (χ4v) is 3.31. The average Bonchev–Trinajstić information content (AvgIpc) is 3.16. The molecule has 0 saturated carbocycles. The molecular formula is C18H10ClNO5S. The van der Waals surface area contributed by atoms with E-state index in [9.17, 15) is 14.4 Å². The van der Waals surface area contributed by atoms with Crippen molar-refractivity contribution in [1.29, 1.82) is 0 Å². The van der Waals surface area contributed by atoms with E-state index in [1.807, 2.05) is 0 Å². The summed E-state index contributed by atoms with van der Waals surface area (Å²) >= 11 is 6.88. The van der Waals surface area contributed by atoms with Crippen molar-refractivity contribution in [2.45, 2.75) is 0 Å². The predicted molar refractivity (Wildman–Crippen MR) is 97.6 cm³/mol. The van der Waals surface area contributed by atoms with Gasteiger partial charge < -0.3 is 9.52 Å². The Labute approximate surface area is 157 Å². The van der Waals surface area contributed by atoms with Crippen LogP contribution in [-0.4, -0.2) is 33.7 Å². The number of thioether (sulfide) groups is 1. The van der Waals surface area contributed by atoms with Crippen molar-refractivity contribution in [1.82, 2.24) is 4.90 Å². The maximum atomic E-state index is 12.2. The van der Waals surface area contributed by atoms with Gasteiger partial charge in [-0.05, 0) is 42.1 Å². The molecule has 2 amide bonds.